The number of halogens is 2. The molecule has 1 heterocycles. The van der Waals surface area contributed by atoms with E-state index in [1.54, 1.807) is 0 Å². The minimum Gasteiger partial charge on any atom is -0.486 e. The van der Waals surface area contributed by atoms with Crippen molar-refractivity contribution in [3.8, 4) is 5.75 Å². The van der Waals surface area contributed by atoms with Crippen molar-refractivity contribution >= 4 is 23.2 Å². The summed E-state index contributed by atoms with van der Waals surface area (Å²) in [4.78, 5) is 0. The molecular weight excluding hydrogens is 307 g/mol. The molecule has 3 nitrogen and oxygen atoms in total. The van der Waals surface area contributed by atoms with E-state index >= 15 is 0 Å². The van der Waals surface area contributed by atoms with Crippen LogP contribution in [0.2, 0.25) is 5.02 Å². The molecule has 1 aliphatic carbocycles. The monoisotopic (exact) mass is 324 g/mol. The zero-order valence-electron chi connectivity index (χ0n) is 11.8. The van der Waals surface area contributed by atoms with Gasteiger partial charge in [0, 0.05) is 12.1 Å². The first-order valence-electron chi connectivity index (χ1n) is 7.27. The second-order valence-electron chi connectivity index (χ2n) is 5.41. The summed E-state index contributed by atoms with van der Waals surface area (Å²) in [5, 5.41) is 5.18. The van der Waals surface area contributed by atoms with Crippen LogP contribution in [0.4, 0.5) is 0 Å². The van der Waals surface area contributed by atoms with Gasteiger partial charge in [-0.1, -0.05) is 30.5 Å². The number of nitrogens with zero attached hydrogens (tertiary/aromatic N) is 2. The number of rotatable bonds is 5. The van der Waals surface area contributed by atoms with Gasteiger partial charge < -0.3 is 4.74 Å². The lowest BCUT2D eigenvalue weighted by molar-refractivity contribution is 0.298. The summed E-state index contributed by atoms with van der Waals surface area (Å²) in [6.45, 7) is 0.430. The van der Waals surface area contributed by atoms with E-state index in [4.69, 9.17) is 27.9 Å². The fourth-order valence-corrected chi connectivity index (χ4v) is 3.15. The van der Waals surface area contributed by atoms with Crippen molar-refractivity contribution in [1.82, 2.24) is 9.78 Å². The highest BCUT2D eigenvalue weighted by Crippen LogP contribution is 2.29. The van der Waals surface area contributed by atoms with Gasteiger partial charge in [0.25, 0.3) is 0 Å². The van der Waals surface area contributed by atoms with E-state index in [9.17, 15) is 0 Å². The maximum Gasteiger partial charge on any atom is 0.138 e. The summed E-state index contributed by atoms with van der Waals surface area (Å²) in [6.07, 6.45) is 7.12. The standard InChI is InChI=1S/C16H18Cl2N2O/c17-10-12-5-6-16(15(18)9-12)21-11-13-7-8-20(19-13)14-3-1-2-4-14/h5-9,14H,1-4,10-11H2. The van der Waals surface area contributed by atoms with Gasteiger partial charge >= 0.3 is 0 Å². The van der Waals surface area contributed by atoms with Crippen molar-refractivity contribution in [2.24, 2.45) is 0 Å². The molecule has 21 heavy (non-hydrogen) atoms. The Morgan fingerprint density at radius 2 is 2.05 bits per heavy atom. The van der Waals surface area contributed by atoms with Gasteiger partial charge in [-0.3, -0.25) is 4.68 Å². The summed E-state index contributed by atoms with van der Waals surface area (Å²) >= 11 is 12.0. The first-order chi connectivity index (χ1) is 10.3. The Kier molecular flexibility index (Phi) is 4.71. The van der Waals surface area contributed by atoms with E-state index in [0.717, 1.165) is 11.3 Å². The Balaban J connectivity index is 1.62. The van der Waals surface area contributed by atoms with Crippen LogP contribution in [-0.2, 0) is 12.5 Å². The Hall–Kier alpha value is -1.19. The second-order valence-corrected chi connectivity index (χ2v) is 6.09. The van der Waals surface area contributed by atoms with Gasteiger partial charge in [0.05, 0.1) is 16.8 Å². The normalized spacial score (nSPS) is 15.5. The fraction of sp³-hybridized carbons (Fsp3) is 0.438. The Morgan fingerprint density at radius 3 is 2.76 bits per heavy atom. The van der Waals surface area contributed by atoms with Gasteiger partial charge in [-0.2, -0.15) is 5.10 Å². The molecule has 0 radical (unpaired) electrons. The zero-order valence-corrected chi connectivity index (χ0v) is 13.3. The van der Waals surface area contributed by atoms with E-state index in [-0.39, 0.29) is 0 Å². The van der Waals surface area contributed by atoms with Crippen LogP contribution in [-0.4, -0.2) is 9.78 Å². The first-order valence-corrected chi connectivity index (χ1v) is 8.19. The topological polar surface area (TPSA) is 27.1 Å². The lowest BCUT2D eigenvalue weighted by Gasteiger charge is -2.09. The second kappa shape index (κ2) is 6.71. The molecule has 0 unspecified atom stereocenters. The molecule has 1 fully saturated rings. The summed E-state index contributed by atoms with van der Waals surface area (Å²) in [5.41, 5.74) is 1.92. The van der Waals surface area contributed by atoms with Gasteiger partial charge in [-0.15, -0.1) is 11.6 Å². The number of ether oxygens (including phenoxy) is 1. The maximum atomic E-state index is 6.17. The van der Waals surface area contributed by atoms with Crippen molar-refractivity contribution in [2.75, 3.05) is 0 Å². The summed E-state index contributed by atoms with van der Waals surface area (Å²) in [7, 11) is 0. The molecule has 0 saturated heterocycles. The molecule has 5 heteroatoms. The Morgan fingerprint density at radius 1 is 1.24 bits per heavy atom. The van der Waals surface area contributed by atoms with Gasteiger partial charge in [-0.05, 0) is 36.6 Å². The summed E-state index contributed by atoms with van der Waals surface area (Å²) in [6, 6.07) is 8.19. The van der Waals surface area contributed by atoms with Crippen LogP contribution < -0.4 is 4.74 Å². The lowest BCUT2D eigenvalue weighted by atomic mass is 10.2. The number of hydrogen-bond acceptors (Lipinski definition) is 2. The molecule has 0 atom stereocenters. The molecule has 0 aliphatic heterocycles. The number of alkyl halides is 1. The maximum absolute atomic E-state index is 6.17. The average Bonchev–Trinajstić information content (AvgIpc) is 3.16. The minimum absolute atomic E-state index is 0.430. The highest BCUT2D eigenvalue weighted by Gasteiger charge is 2.17. The molecule has 1 aliphatic rings. The highest BCUT2D eigenvalue weighted by molar-refractivity contribution is 6.32. The van der Waals surface area contributed by atoms with Gasteiger partial charge in [-0.25, -0.2) is 0 Å². The predicted molar refractivity (Wildman–Crippen MR) is 85.1 cm³/mol. The first kappa shape index (κ1) is 14.7. The molecule has 112 valence electrons. The molecule has 0 spiro atoms. The molecule has 0 bridgehead atoms. The number of aromatic nitrogens is 2. The molecule has 1 aromatic heterocycles. The van der Waals surface area contributed by atoms with E-state index in [2.05, 4.69) is 9.78 Å². The molecule has 2 aromatic rings. The zero-order chi connectivity index (χ0) is 14.7. The van der Waals surface area contributed by atoms with E-state index in [0.29, 0.717) is 29.3 Å². The minimum atomic E-state index is 0.430. The van der Waals surface area contributed by atoms with Crippen molar-refractivity contribution in [1.29, 1.82) is 0 Å². The van der Waals surface area contributed by atoms with Crippen LogP contribution in [0.15, 0.2) is 30.5 Å². The highest BCUT2D eigenvalue weighted by atomic mass is 35.5. The van der Waals surface area contributed by atoms with Crippen LogP contribution >= 0.6 is 23.2 Å². The van der Waals surface area contributed by atoms with Crippen molar-refractivity contribution in [3.05, 3.63) is 46.7 Å². The summed E-state index contributed by atoms with van der Waals surface area (Å²) in [5.74, 6) is 1.12. The van der Waals surface area contributed by atoms with E-state index in [1.165, 1.54) is 25.7 Å². The third-order valence-corrected chi connectivity index (χ3v) is 4.49. The van der Waals surface area contributed by atoms with Crippen LogP contribution in [0.25, 0.3) is 0 Å². The van der Waals surface area contributed by atoms with Crippen LogP contribution in [0, 0.1) is 0 Å². The lowest BCUT2D eigenvalue weighted by Crippen LogP contribution is -2.06. The third-order valence-electron chi connectivity index (χ3n) is 3.89. The summed E-state index contributed by atoms with van der Waals surface area (Å²) < 4.78 is 7.82. The third kappa shape index (κ3) is 3.53. The van der Waals surface area contributed by atoms with Crippen molar-refractivity contribution in [3.63, 3.8) is 0 Å². The molecular formula is C16H18Cl2N2O. The van der Waals surface area contributed by atoms with Crippen molar-refractivity contribution in [2.45, 2.75) is 44.2 Å². The SMILES string of the molecule is ClCc1ccc(OCc2ccn(C3CCCC3)n2)c(Cl)c1. The van der Waals surface area contributed by atoms with Crippen molar-refractivity contribution < 1.29 is 4.74 Å². The smallest absolute Gasteiger partial charge is 0.138 e. The number of hydrogen-bond donors (Lipinski definition) is 0. The van der Waals surface area contributed by atoms with Gasteiger partial charge in [0.2, 0.25) is 0 Å². The largest absolute Gasteiger partial charge is 0.486 e. The molecule has 1 aromatic carbocycles. The molecule has 1 saturated carbocycles. The van der Waals surface area contributed by atoms with E-state index in [1.807, 2.05) is 30.5 Å². The van der Waals surface area contributed by atoms with Crippen LogP contribution in [0.1, 0.15) is 43.0 Å². The van der Waals surface area contributed by atoms with Crippen LogP contribution in [0.3, 0.4) is 0 Å². The Bertz CT molecular complexity index is 606. The van der Waals surface area contributed by atoms with Crippen LogP contribution in [0.5, 0.6) is 5.75 Å². The molecule has 0 N–H and O–H groups in total. The predicted octanol–water partition coefficient (Wildman–Crippen LogP) is 4.97. The van der Waals surface area contributed by atoms with E-state index < -0.39 is 0 Å². The van der Waals surface area contributed by atoms with Gasteiger partial charge in [0.1, 0.15) is 12.4 Å². The average molecular weight is 325 g/mol. The molecule has 3 rings (SSSR count). The number of benzene rings is 1. The van der Waals surface area contributed by atoms with Gasteiger partial charge in [0.15, 0.2) is 0 Å². The molecule has 0 amide bonds. The quantitative estimate of drug-likeness (QED) is 0.726. The Labute approximate surface area is 134 Å². The fourth-order valence-electron chi connectivity index (χ4n) is 2.72.